The lowest BCUT2D eigenvalue weighted by Gasteiger charge is -2.14. The van der Waals surface area contributed by atoms with Crippen LogP contribution in [0.2, 0.25) is 0 Å². The van der Waals surface area contributed by atoms with E-state index in [-0.39, 0.29) is 18.4 Å². The standard InChI is InChI=1S/C9H17N3O3/c1-10-7(4-3-5-13)9(15)12-6-8(14)11-2/h5,7,10H,3-4,6H2,1-2H3,(H,11,14)(H,12,15). The average Bonchev–Trinajstić information content (AvgIpc) is 2.26. The number of nitrogens with one attached hydrogen (secondary N) is 3. The van der Waals surface area contributed by atoms with Crippen molar-refractivity contribution in [1.82, 2.24) is 16.0 Å². The number of carbonyl (C=O) groups is 3. The van der Waals surface area contributed by atoms with E-state index in [0.29, 0.717) is 12.8 Å². The van der Waals surface area contributed by atoms with E-state index in [9.17, 15) is 14.4 Å². The highest BCUT2D eigenvalue weighted by molar-refractivity contribution is 5.87. The summed E-state index contributed by atoms with van der Waals surface area (Å²) in [5, 5.41) is 7.63. The zero-order valence-corrected chi connectivity index (χ0v) is 9.00. The Kier molecular flexibility index (Phi) is 7.17. The minimum atomic E-state index is -0.431. The number of amides is 2. The fourth-order valence-corrected chi connectivity index (χ4v) is 1.02. The van der Waals surface area contributed by atoms with Gasteiger partial charge in [0.05, 0.1) is 12.6 Å². The summed E-state index contributed by atoms with van der Waals surface area (Å²) in [4.78, 5) is 32.4. The summed E-state index contributed by atoms with van der Waals surface area (Å²) < 4.78 is 0. The summed E-state index contributed by atoms with van der Waals surface area (Å²) >= 11 is 0. The summed E-state index contributed by atoms with van der Waals surface area (Å²) in [5.41, 5.74) is 0. The number of rotatable bonds is 7. The van der Waals surface area contributed by atoms with Crippen molar-refractivity contribution >= 4 is 18.1 Å². The van der Waals surface area contributed by atoms with Crippen LogP contribution in [0.1, 0.15) is 12.8 Å². The minimum Gasteiger partial charge on any atom is -0.358 e. The highest BCUT2D eigenvalue weighted by Gasteiger charge is 2.15. The second-order valence-corrected chi connectivity index (χ2v) is 2.98. The summed E-state index contributed by atoms with van der Waals surface area (Å²) in [6.07, 6.45) is 1.51. The Bertz CT molecular complexity index is 231. The fraction of sp³-hybridized carbons (Fsp3) is 0.667. The number of hydrogen-bond acceptors (Lipinski definition) is 4. The van der Waals surface area contributed by atoms with Crippen LogP contribution >= 0.6 is 0 Å². The molecule has 0 aromatic rings. The fourth-order valence-electron chi connectivity index (χ4n) is 1.02. The summed E-state index contributed by atoms with van der Waals surface area (Å²) in [7, 11) is 3.13. The second kappa shape index (κ2) is 7.93. The highest BCUT2D eigenvalue weighted by Crippen LogP contribution is 1.94. The third-order valence-electron chi connectivity index (χ3n) is 1.94. The van der Waals surface area contributed by atoms with Crippen LogP contribution in [0.3, 0.4) is 0 Å². The van der Waals surface area contributed by atoms with Gasteiger partial charge >= 0.3 is 0 Å². The van der Waals surface area contributed by atoms with Gasteiger partial charge in [-0.1, -0.05) is 0 Å². The van der Waals surface area contributed by atoms with E-state index in [1.807, 2.05) is 0 Å². The van der Waals surface area contributed by atoms with Crippen molar-refractivity contribution in [3.63, 3.8) is 0 Å². The van der Waals surface area contributed by atoms with Crippen molar-refractivity contribution in [3.05, 3.63) is 0 Å². The summed E-state index contributed by atoms with van der Waals surface area (Å²) in [5.74, 6) is -0.531. The molecule has 0 aliphatic carbocycles. The Morgan fingerprint density at radius 2 is 2.00 bits per heavy atom. The largest absolute Gasteiger partial charge is 0.358 e. The molecule has 0 saturated carbocycles. The van der Waals surface area contributed by atoms with Crippen molar-refractivity contribution in [1.29, 1.82) is 0 Å². The first-order valence-corrected chi connectivity index (χ1v) is 4.74. The van der Waals surface area contributed by atoms with Gasteiger partial charge in [0.1, 0.15) is 6.29 Å². The average molecular weight is 215 g/mol. The van der Waals surface area contributed by atoms with Gasteiger partial charge in [0.15, 0.2) is 0 Å². The first-order chi connectivity index (χ1) is 7.15. The van der Waals surface area contributed by atoms with Gasteiger partial charge in [0, 0.05) is 13.5 Å². The molecule has 0 aromatic carbocycles. The van der Waals surface area contributed by atoms with E-state index in [2.05, 4.69) is 16.0 Å². The van der Waals surface area contributed by atoms with Crippen LogP contribution in [0.25, 0.3) is 0 Å². The molecular weight excluding hydrogens is 198 g/mol. The molecule has 0 rings (SSSR count). The Labute approximate surface area is 88.8 Å². The van der Waals surface area contributed by atoms with E-state index in [1.54, 1.807) is 7.05 Å². The smallest absolute Gasteiger partial charge is 0.239 e. The van der Waals surface area contributed by atoms with E-state index in [1.165, 1.54) is 7.05 Å². The predicted molar refractivity (Wildman–Crippen MR) is 55.2 cm³/mol. The number of hydrogen-bond donors (Lipinski definition) is 3. The maximum absolute atomic E-state index is 11.4. The topological polar surface area (TPSA) is 87.3 Å². The van der Waals surface area contributed by atoms with Crippen LogP contribution in [-0.2, 0) is 14.4 Å². The molecule has 86 valence electrons. The lowest BCUT2D eigenvalue weighted by Crippen LogP contribution is -2.45. The Morgan fingerprint density at radius 1 is 1.33 bits per heavy atom. The monoisotopic (exact) mass is 215 g/mol. The molecule has 0 fully saturated rings. The summed E-state index contributed by atoms with van der Waals surface area (Å²) in [6.45, 7) is -0.0470. The SMILES string of the molecule is CNC(=O)CNC(=O)C(CCC=O)NC. The van der Waals surface area contributed by atoms with E-state index in [4.69, 9.17) is 0 Å². The van der Waals surface area contributed by atoms with Crippen LogP contribution in [0.15, 0.2) is 0 Å². The molecule has 3 N–H and O–H groups in total. The predicted octanol–water partition coefficient (Wildman–Crippen LogP) is -1.58. The molecule has 15 heavy (non-hydrogen) atoms. The molecule has 0 heterocycles. The second-order valence-electron chi connectivity index (χ2n) is 2.98. The normalized spacial score (nSPS) is 11.6. The van der Waals surface area contributed by atoms with Crippen molar-refractivity contribution in [3.8, 4) is 0 Å². The molecule has 1 unspecified atom stereocenters. The summed E-state index contributed by atoms with van der Waals surface area (Å²) in [6, 6.07) is -0.431. The Morgan fingerprint density at radius 3 is 2.47 bits per heavy atom. The lowest BCUT2D eigenvalue weighted by molar-refractivity contribution is -0.127. The molecule has 0 aliphatic heterocycles. The van der Waals surface area contributed by atoms with Crippen LogP contribution < -0.4 is 16.0 Å². The third-order valence-corrected chi connectivity index (χ3v) is 1.94. The molecule has 0 bridgehead atoms. The number of carbonyl (C=O) groups excluding carboxylic acids is 3. The van der Waals surface area contributed by atoms with Gasteiger partial charge in [-0.25, -0.2) is 0 Å². The van der Waals surface area contributed by atoms with Gasteiger partial charge in [-0.05, 0) is 13.5 Å². The molecule has 0 spiro atoms. The lowest BCUT2D eigenvalue weighted by atomic mass is 10.1. The Hall–Kier alpha value is -1.43. The third kappa shape index (κ3) is 5.79. The molecule has 0 saturated heterocycles. The molecular formula is C9H17N3O3. The molecule has 0 radical (unpaired) electrons. The van der Waals surface area contributed by atoms with E-state index >= 15 is 0 Å². The van der Waals surface area contributed by atoms with Crippen molar-refractivity contribution in [2.45, 2.75) is 18.9 Å². The molecule has 6 heteroatoms. The van der Waals surface area contributed by atoms with Gasteiger partial charge in [-0.3, -0.25) is 9.59 Å². The molecule has 6 nitrogen and oxygen atoms in total. The van der Waals surface area contributed by atoms with Crippen molar-refractivity contribution in [2.24, 2.45) is 0 Å². The van der Waals surface area contributed by atoms with Gasteiger partial charge in [0.2, 0.25) is 11.8 Å². The van der Waals surface area contributed by atoms with Crippen LogP contribution in [-0.4, -0.2) is 44.8 Å². The van der Waals surface area contributed by atoms with Crippen LogP contribution in [0, 0.1) is 0 Å². The minimum absolute atomic E-state index is 0.0470. The zero-order valence-electron chi connectivity index (χ0n) is 9.00. The van der Waals surface area contributed by atoms with Gasteiger partial charge in [0.25, 0.3) is 0 Å². The van der Waals surface area contributed by atoms with Gasteiger partial charge in [-0.15, -0.1) is 0 Å². The number of likely N-dealkylation sites (N-methyl/N-ethyl adjacent to an activating group) is 2. The quantitative estimate of drug-likeness (QED) is 0.447. The van der Waals surface area contributed by atoms with Crippen LogP contribution in [0.4, 0.5) is 0 Å². The maximum Gasteiger partial charge on any atom is 0.239 e. The van der Waals surface area contributed by atoms with Gasteiger partial charge in [-0.2, -0.15) is 0 Å². The van der Waals surface area contributed by atoms with E-state index in [0.717, 1.165) is 6.29 Å². The first kappa shape index (κ1) is 13.6. The number of aldehydes is 1. The first-order valence-electron chi connectivity index (χ1n) is 4.74. The van der Waals surface area contributed by atoms with Gasteiger partial charge < -0.3 is 20.7 Å². The van der Waals surface area contributed by atoms with Crippen molar-refractivity contribution in [2.75, 3.05) is 20.6 Å². The molecule has 1 atom stereocenters. The maximum atomic E-state index is 11.4. The molecule has 2 amide bonds. The van der Waals surface area contributed by atoms with E-state index < -0.39 is 6.04 Å². The Balaban J connectivity index is 3.92. The van der Waals surface area contributed by atoms with Crippen LogP contribution in [0.5, 0.6) is 0 Å². The zero-order chi connectivity index (χ0) is 11.7. The molecule has 0 aromatic heterocycles. The molecule has 0 aliphatic rings. The highest BCUT2D eigenvalue weighted by atomic mass is 16.2. The van der Waals surface area contributed by atoms with Crippen molar-refractivity contribution < 1.29 is 14.4 Å².